The maximum atomic E-state index is 2.59. The third-order valence-corrected chi connectivity index (χ3v) is 15.3. The van der Waals surface area contributed by atoms with Gasteiger partial charge in [-0.05, 0) is 156 Å². The summed E-state index contributed by atoms with van der Waals surface area (Å²) in [4.78, 5) is 2.59. The minimum absolute atomic E-state index is 0.166. The standard InChI is InChI=1S/C65H49N/c1-42-38-47(51-27-17-23-43-20-7-10-24-50(43)51)39-56(44-18-5-4-6-19-44)63(42)66(48-34-36-54-52-25-11-15-30-59(52)64(2,3)61(54)40-48)49-35-37-55-53-26-12-16-31-60(53)65(62(55)41-49)57-28-13-8-21-45(57)32-33-46-22-9-14-29-58(46)65/h4-31,34-41H,32-33H2,1-3H3. The molecule has 0 bridgehead atoms. The predicted octanol–water partition coefficient (Wildman–Crippen LogP) is 16.7. The van der Waals surface area contributed by atoms with Crippen molar-refractivity contribution in [2.24, 2.45) is 0 Å². The van der Waals surface area contributed by atoms with Crippen LogP contribution in [-0.4, -0.2) is 0 Å². The highest BCUT2D eigenvalue weighted by Crippen LogP contribution is 2.60. The van der Waals surface area contributed by atoms with Gasteiger partial charge in [-0.15, -0.1) is 0 Å². The first-order chi connectivity index (χ1) is 32.4. The van der Waals surface area contributed by atoms with Gasteiger partial charge in [-0.1, -0.05) is 196 Å². The summed E-state index contributed by atoms with van der Waals surface area (Å²) >= 11 is 0. The summed E-state index contributed by atoms with van der Waals surface area (Å²) in [6, 6.07) is 82.7. The first-order valence-corrected chi connectivity index (χ1v) is 23.6. The van der Waals surface area contributed by atoms with Gasteiger partial charge in [0, 0.05) is 22.4 Å². The molecule has 10 aromatic carbocycles. The van der Waals surface area contributed by atoms with Crippen LogP contribution in [0.2, 0.25) is 0 Å². The van der Waals surface area contributed by atoms with Crippen LogP contribution in [0.3, 0.4) is 0 Å². The Morgan fingerprint density at radius 2 is 0.879 bits per heavy atom. The fraction of sp³-hybridized carbons (Fsp3) is 0.108. The molecule has 0 amide bonds. The normalized spacial score (nSPS) is 14.4. The van der Waals surface area contributed by atoms with Crippen LogP contribution in [0.4, 0.5) is 17.1 Å². The Balaban J connectivity index is 1.12. The Morgan fingerprint density at radius 1 is 0.364 bits per heavy atom. The fourth-order valence-corrected chi connectivity index (χ4v) is 12.4. The third-order valence-electron chi connectivity index (χ3n) is 15.3. The van der Waals surface area contributed by atoms with Crippen LogP contribution in [0.25, 0.3) is 55.3 Å². The van der Waals surface area contributed by atoms with E-state index in [1.807, 2.05) is 0 Å². The maximum absolute atomic E-state index is 2.59. The van der Waals surface area contributed by atoms with Crippen molar-refractivity contribution in [1.29, 1.82) is 0 Å². The van der Waals surface area contributed by atoms with Gasteiger partial charge in [-0.2, -0.15) is 0 Å². The molecule has 0 radical (unpaired) electrons. The lowest BCUT2D eigenvalue weighted by Crippen LogP contribution is -2.30. The lowest BCUT2D eigenvalue weighted by Gasteiger charge is -2.36. The van der Waals surface area contributed by atoms with Crippen molar-refractivity contribution < 1.29 is 0 Å². The molecule has 10 aromatic rings. The van der Waals surface area contributed by atoms with E-state index in [1.165, 1.54) is 111 Å². The molecule has 1 heteroatoms. The molecule has 0 fully saturated rings. The van der Waals surface area contributed by atoms with E-state index in [0.717, 1.165) is 24.2 Å². The van der Waals surface area contributed by atoms with Crippen LogP contribution >= 0.6 is 0 Å². The largest absolute Gasteiger partial charge is 0.310 e. The van der Waals surface area contributed by atoms with E-state index >= 15 is 0 Å². The minimum atomic E-state index is -0.492. The van der Waals surface area contributed by atoms with Gasteiger partial charge in [0.05, 0.1) is 11.1 Å². The predicted molar refractivity (Wildman–Crippen MR) is 277 cm³/mol. The van der Waals surface area contributed by atoms with E-state index in [0.29, 0.717) is 0 Å². The molecule has 0 aromatic heterocycles. The first kappa shape index (κ1) is 38.7. The number of fused-ring (bicyclic) bond motifs is 13. The van der Waals surface area contributed by atoms with E-state index in [2.05, 4.69) is 244 Å². The molecular formula is C65H49N. The molecule has 3 aliphatic rings. The van der Waals surface area contributed by atoms with E-state index in [-0.39, 0.29) is 5.41 Å². The maximum Gasteiger partial charge on any atom is 0.0719 e. The van der Waals surface area contributed by atoms with Crippen molar-refractivity contribution >= 4 is 27.8 Å². The Labute approximate surface area is 388 Å². The third kappa shape index (κ3) is 5.53. The molecule has 0 saturated carbocycles. The highest BCUT2D eigenvalue weighted by atomic mass is 15.1. The Hall–Kier alpha value is -7.74. The van der Waals surface area contributed by atoms with Gasteiger partial charge in [-0.3, -0.25) is 0 Å². The lowest BCUT2D eigenvalue weighted by atomic mass is 9.66. The summed E-state index contributed by atoms with van der Waals surface area (Å²) in [5, 5.41) is 2.51. The van der Waals surface area contributed by atoms with E-state index in [1.54, 1.807) is 0 Å². The molecule has 13 rings (SSSR count). The molecule has 0 atom stereocenters. The summed E-state index contributed by atoms with van der Waals surface area (Å²) in [5.41, 5.74) is 25.2. The molecule has 0 saturated heterocycles. The molecule has 314 valence electrons. The second-order valence-electron chi connectivity index (χ2n) is 19.2. The van der Waals surface area contributed by atoms with Crippen molar-refractivity contribution in [3.8, 4) is 44.5 Å². The summed E-state index contributed by atoms with van der Waals surface area (Å²) in [7, 11) is 0. The quantitative estimate of drug-likeness (QED) is 0.167. The molecule has 1 spiro atoms. The van der Waals surface area contributed by atoms with Gasteiger partial charge in [0.2, 0.25) is 0 Å². The summed E-state index contributed by atoms with van der Waals surface area (Å²) in [5.74, 6) is 0. The van der Waals surface area contributed by atoms with Crippen LogP contribution in [0.15, 0.2) is 218 Å². The zero-order valence-corrected chi connectivity index (χ0v) is 37.6. The van der Waals surface area contributed by atoms with Gasteiger partial charge < -0.3 is 4.90 Å². The van der Waals surface area contributed by atoms with Crippen LogP contribution in [0.5, 0.6) is 0 Å². The number of hydrogen-bond donors (Lipinski definition) is 0. The van der Waals surface area contributed by atoms with Gasteiger partial charge >= 0.3 is 0 Å². The molecule has 1 nitrogen and oxygen atoms in total. The number of benzene rings is 10. The Bertz CT molecular complexity index is 3540. The van der Waals surface area contributed by atoms with Crippen LogP contribution in [0, 0.1) is 6.92 Å². The first-order valence-electron chi connectivity index (χ1n) is 23.6. The van der Waals surface area contributed by atoms with Crippen molar-refractivity contribution in [3.63, 3.8) is 0 Å². The van der Waals surface area contributed by atoms with Crippen molar-refractivity contribution in [2.45, 2.75) is 44.4 Å². The zero-order valence-electron chi connectivity index (χ0n) is 37.6. The Morgan fingerprint density at radius 3 is 1.59 bits per heavy atom. The fourth-order valence-electron chi connectivity index (χ4n) is 12.4. The van der Waals surface area contributed by atoms with E-state index in [4.69, 9.17) is 0 Å². The highest BCUT2D eigenvalue weighted by molar-refractivity contribution is 6.01. The molecule has 3 aliphatic carbocycles. The average Bonchev–Trinajstić information content (AvgIpc) is 3.71. The number of nitrogens with zero attached hydrogens (tertiary/aromatic N) is 1. The topological polar surface area (TPSA) is 3.24 Å². The van der Waals surface area contributed by atoms with Crippen LogP contribution < -0.4 is 4.90 Å². The molecule has 0 N–H and O–H groups in total. The number of hydrogen-bond acceptors (Lipinski definition) is 1. The van der Waals surface area contributed by atoms with Crippen molar-refractivity contribution in [2.75, 3.05) is 4.90 Å². The van der Waals surface area contributed by atoms with Crippen molar-refractivity contribution in [3.05, 3.63) is 268 Å². The second-order valence-corrected chi connectivity index (χ2v) is 19.2. The monoisotopic (exact) mass is 843 g/mol. The SMILES string of the molecule is Cc1cc(-c2cccc3ccccc23)cc(-c2ccccc2)c1N(c1ccc2c(c1)C(C)(C)c1ccccc1-2)c1ccc2c(c1)C1(c3ccccc3CCc3ccccc31)c1ccccc1-2. The van der Waals surface area contributed by atoms with Crippen molar-refractivity contribution in [1.82, 2.24) is 0 Å². The minimum Gasteiger partial charge on any atom is -0.310 e. The zero-order chi connectivity index (χ0) is 44.1. The number of anilines is 3. The molecule has 0 heterocycles. The Kier molecular flexibility index (Phi) is 8.58. The number of aryl methyl sites for hydroxylation is 3. The van der Waals surface area contributed by atoms with Gasteiger partial charge in [0.1, 0.15) is 0 Å². The van der Waals surface area contributed by atoms with E-state index in [9.17, 15) is 0 Å². The second kappa shape index (κ2) is 14.6. The van der Waals surface area contributed by atoms with Gasteiger partial charge in [0.25, 0.3) is 0 Å². The number of rotatable bonds is 5. The smallest absolute Gasteiger partial charge is 0.0719 e. The highest BCUT2D eigenvalue weighted by Gasteiger charge is 2.49. The lowest BCUT2D eigenvalue weighted by molar-refractivity contribution is 0.660. The summed E-state index contributed by atoms with van der Waals surface area (Å²) in [6.07, 6.45) is 2.02. The molecule has 66 heavy (non-hydrogen) atoms. The van der Waals surface area contributed by atoms with Crippen LogP contribution in [0.1, 0.15) is 63.9 Å². The summed E-state index contributed by atoms with van der Waals surface area (Å²) in [6.45, 7) is 7.10. The van der Waals surface area contributed by atoms with Gasteiger partial charge in [0.15, 0.2) is 0 Å². The van der Waals surface area contributed by atoms with E-state index < -0.39 is 5.41 Å². The molecule has 0 unspecified atom stereocenters. The molecular weight excluding hydrogens is 795 g/mol. The van der Waals surface area contributed by atoms with Crippen LogP contribution in [-0.2, 0) is 23.7 Å². The summed E-state index contributed by atoms with van der Waals surface area (Å²) < 4.78 is 0. The molecule has 0 aliphatic heterocycles. The van der Waals surface area contributed by atoms with Gasteiger partial charge in [-0.25, -0.2) is 0 Å². The average molecular weight is 844 g/mol.